The van der Waals surface area contributed by atoms with E-state index in [4.69, 9.17) is 9.72 Å². The number of piperidine rings is 2. The molecule has 3 N–H and O–H groups in total. The molecule has 5 aromatic rings. The lowest BCUT2D eigenvalue weighted by molar-refractivity contribution is -0.570. The van der Waals surface area contributed by atoms with Crippen molar-refractivity contribution in [2.45, 2.75) is 63.3 Å². The highest BCUT2D eigenvalue weighted by Crippen LogP contribution is 2.33. The molecule has 5 amide bonds. The second-order valence-electron chi connectivity index (χ2n) is 16.1. The van der Waals surface area contributed by atoms with E-state index in [1.807, 2.05) is 18.2 Å². The number of pyridine rings is 1. The van der Waals surface area contributed by atoms with Crippen LogP contribution in [0.3, 0.4) is 0 Å². The first-order valence-corrected chi connectivity index (χ1v) is 20.3. The van der Waals surface area contributed by atoms with Gasteiger partial charge in [-0.1, -0.05) is 12.1 Å². The van der Waals surface area contributed by atoms with Gasteiger partial charge in [0, 0.05) is 38.7 Å². The highest BCUT2D eigenvalue weighted by molar-refractivity contribution is 6.12. The molecule has 20 heteroatoms. The number of nitrogens with one attached hydrogen (secondary N) is 3. The predicted octanol–water partition coefficient (Wildman–Crippen LogP) is 2.92. The number of carbonyl (C=O) groups excluding carboxylic acids is 5. The molecule has 0 radical (unpaired) electrons. The maximum atomic E-state index is 14.2. The molecule has 18 nitrogen and oxygen atoms in total. The highest BCUT2D eigenvalue weighted by atomic mass is 19.3. The zero-order chi connectivity index (χ0) is 41.9. The summed E-state index contributed by atoms with van der Waals surface area (Å²) < 4.78 is 38.2. The molecule has 4 aromatic heterocycles. The maximum Gasteiger partial charge on any atom is 0.507 e. The van der Waals surface area contributed by atoms with Gasteiger partial charge in [-0.3, -0.25) is 24.6 Å². The van der Waals surface area contributed by atoms with E-state index < -0.39 is 47.8 Å². The maximum absolute atomic E-state index is 14.2. The first-order valence-electron chi connectivity index (χ1n) is 20.3. The van der Waals surface area contributed by atoms with Gasteiger partial charge in [0.05, 0.1) is 48.2 Å². The number of fused-ring (bicyclic) bond motifs is 4. The van der Waals surface area contributed by atoms with Crippen molar-refractivity contribution in [1.29, 1.82) is 0 Å². The Morgan fingerprint density at radius 2 is 1.85 bits per heavy atom. The summed E-state index contributed by atoms with van der Waals surface area (Å²) in [7, 11) is 0. The van der Waals surface area contributed by atoms with Crippen molar-refractivity contribution >= 4 is 52.5 Å². The van der Waals surface area contributed by atoms with Crippen LogP contribution >= 0.6 is 0 Å². The monoisotopic (exact) mass is 835 g/mol. The van der Waals surface area contributed by atoms with Crippen molar-refractivity contribution in [2.75, 3.05) is 48.3 Å². The average Bonchev–Trinajstić information content (AvgIpc) is 4.11. The number of anilines is 3. The van der Waals surface area contributed by atoms with Crippen LogP contribution in [-0.2, 0) is 20.9 Å². The number of halogens is 2. The van der Waals surface area contributed by atoms with E-state index in [0.717, 1.165) is 42.8 Å². The molecule has 0 spiro atoms. The molecule has 0 saturated carbocycles. The summed E-state index contributed by atoms with van der Waals surface area (Å²) in [4.78, 5) is 74.4. The van der Waals surface area contributed by atoms with Crippen LogP contribution in [-0.4, -0.2) is 115 Å². The van der Waals surface area contributed by atoms with Crippen molar-refractivity contribution in [1.82, 2.24) is 39.5 Å². The fourth-order valence-corrected chi connectivity index (χ4v) is 8.99. The van der Waals surface area contributed by atoms with Gasteiger partial charge in [0.25, 0.3) is 18.2 Å². The van der Waals surface area contributed by atoms with Crippen LogP contribution in [0.4, 0.5) is 30.8 Å². The SMILES string of the molecule is O=C1CCC(N2C(=O)c3c(NCC4CCN(Cc5ccc(-n6cc(NC(=O)c7cnn8ccc(N9C[C@H]%10CC9CO%10)nc78)c(C(F)F)n6)cc5)CC4)ccc[n+]3C2=O)C(=O)N1. The Hall–Kier alpha value is -6.67. The van der Waals surface area contributed by atoms with Crippen molar-refractivity contribution in [2.24, 2.45) is 5.92 Å². The molecular weight excluding hydrogens is 795 g/mol. The normalized spacial score (nSPS) is 21.9. The fourth-order valence-electron chi connectivity index (χ4n) is 8.99. The van der Waals surface area contributed by atoms with E-state index in [-0.39, 0.29) is 41.9 Å². The van der Waals surface area contributed by atoms with Gasteiger partial charge in [0.2, 0.25) is 11.6 Å². The standard InChI is InChI=1S/C41H40F2N12O6/c42-36(43)34-30(46-38(57)28-18-45-53-15-11-32(47-37(28)53)52-20-27-16-26(52)22-61-27)21-54(49-34)25-5-3-24(4-6-25)19-50-13-9-23(10-14-50)17-44-29-2-1-12-51-35(29)40(59)55(41(51)60)31-7-8-33(56)48-39(31)58/h1-6,11-12,15,18,21,23,26-27,31,36H,7-10,13-14,16-17,19-20,22H2,(H2-,44,46,48,56,57,58,59)/p+1/t26?,27-,31?/m1/s1. The zero-order valence-corrected chi connectivity index (χ0v) is 32.7. The Bertz CT molecular complexity index is 2590. The quantitative estimate of drug-likeness (QED) is 0.131. The van der Waals surface area contributed by atoms with Crippen LogP contribution in [0, 0.1) is 5.92 Å². The predicted molar refractivity (Wildman–Crippen MR) is 211 cm³/mol. The largest absolute Gasteiger partial charge is 0.507 e. The Morgan fingerprint density at radius 1 is 1.03 bits per heavy atom. The molecule has 2 unspecified atom stereocenters. The van der Waals surface area contributed by atoms with E-state index in [0.29, 0.717) is 55.0 Å². The number of ether oxygens (including phenoxy) is 1. The molecule has 314 valence electrons. The molecular formula is C41H41F2N12O6+. The lowest BCUT2D eigenvalue weighted by Gasteiger charge is -2.32. The van der Waals surface area contributed by atoms with Crippen molar-refractivity contribution in [3.8, 4) is 5.69 Å². The lowest BCUT2D eigenvalue weighted by atomic mass is 9.96. The second-order valence-corrected chi connectivity index (χ2v) is 16.1. The van der Waals surface area contributed by atoms with E-state index in [1.165, 1.54) is 32.4 Å². The zero-order valence-electron chi connectivity index (χ0n) is 32.7. The number of carbonyl (C=O) groups is 5. The Labute approximate surface area is 346 Å². The average molecular weight is 836 g/mol. The molecule has 3 atom stereocenters. The summed E-state index contributed by atoms with van der Waals surface area (Å²) in [6.45, 7) is 4.26. The summed E-state index contributed by atoms with van der Waals surface area (Å²) in [5.74, 6) is -1.29. The minimum atomic E-state index is -2.94. The van der Waals surface area contributed by atoms with E-state index in [9.17, 15) is 32.8 Å². The number of morpholine rings is 1. The molecule has 2 bridgehead atoms. The number of alkyl halides is 2. The molecule has 5 aliphatic heterocycles. The van der Waals surface area contributed by atoms with Crippen LogP contribution < -0.4 is 25.4 Å². The number of nitrogens with zero attached hydrogens (tertiary/aromatic N) is 9. The van der Waals surface area contributed by atoms with Gasteiger partial charge in [-0.2, -0.15) is 19.6 Å². The first-order chi connectivity index (χ1) is 29.6. The smallest absolute Gasteiger partial charge is 0.381 e. The summed E-state index contributed by atoms with van der Waals surface area (Å²) in [6.07, 6.45) is 6.03. The van der Waals surface area contributed by atoms with Gasteiger partial charge in [-0.15, -0.1) is 4.90 Å². The number of aromatic nitrogens is 6. The van der Waals surface area contributed by atoms with Crippen LogP contribution in [0.2, 0.25) is 0 Å². The highest BCUT2D eigenvalue weighted by Gasteiger charge is 2.54. The second kappa shape index (κ2) is 15.4. The molecule has 9 heterocycles. The number of amides is 5. The number of likely N-dealkylation sites (tertiary alicyclic amines) is 1. The summed E-state index contributed by atoms with van der Waals surface area (Å²) in [5, 5.41) is 16.6. The van der Waals surface area contributed by atoms with E-state index in [1.54, 1.807) is 30.5 Å². The molecule has 10 rings (SSSR count). The summed E-state index contributed by atoms with van der Waals surface area (Å²) in [6, 6.07) is 11.3. The van der Waals surface area contributed by atoms with Crippen molar-refractivity contribution < 1.29 is 42.1 Å². The molecule has 4 saturated heterocycles. The number of hydrogen-bond donors (Lipinski definition) is 3. The number of imide groups is 2. The minimum Gasteiger partial charge on any atom is -0.381 e. The topological polar surface area (TPSA) is 192 Å². The van der Waals surface area contributed by atoms with E-state index in [2.05, 4.69) is 35.9 Å². The Kier molecular flexibility index (Phi) is 9.74. The third kappa shape index (κ3) is 7.14. The number of hydrogen-bond acceptors (Lipinski definition) is 12. The number of benzene rings is 1. The lowest BCUT2D eigenvalue weighted by Crippen LogP contribution is -2.57. The van der Waals surface area contributed by atoms with Crippen LogP contribution in [0.1, 0.15) is 70.6 Å². The molecule has 0 aliphatic carbocycles. The van der Waals surface area contributed by atoms with Gasteiger partial charge in [-0.05, 0) is 74.2 Å². The van der Waals surface area contributed by atoms with Gasteiger partial charge >= 0.3 is 11.9 Å². The van der Waals surface area contributed by atoms with Crippen molar-refractivity contribution in [3.63, 3.8) is 0 Å². The third-order valence-electron chi connectivity index (χ3n) is 12.2. The van der Waals surface area contributed by atoms with Crippen molar-refractivity contribution in [3.05, 3.63) is 89.8 Å². The Balaban J connectivity index is 0.744. The summed E-state index contributed by atoms with van der Waals surface area (Å²) in [5.41, 5.74) is 2.03. The van der Waals surface area contributed by atoms with E-state index >= 15 is 0 Å². The Morgan fingerprint density at radius 3 is 2.59 bits per heavy atom. The van der Waals surface area contributed by atoms with Crippen LogP contribution in [0.5, 0.6) is 0 Å². The molecule has 1 aromatic carbocycles. The molecule has 5 aliphatic rings. The van der Waals surface area contributed by atoms with Gasteiger partial charge in [0.15, 0.2) is 17.4 Å². The van der Waals surface area contributed by atoms with Crippen LogP contribution in [0.15, 0.2) is 67.3 Å². The first kappa shape index (κ1) is 38.5. The number of rotatable bonds is 11. The third-order valence-corrected chi connectivity index (χ3v) is 12.2. The van der Waals surface area contributed by atoms with Gasteiger partial charge in [-0.25, -0.2) is 27.8 Å². The van der Waals surface area contributed by atoms with Crippen LogP contribution in [0.25, 0.3) is 11.3 Å². The molecule has 61 heavy (non-hydrogen) atoms. The minimum absolute atomic E-state index is 0.0471. The van der Waals surface area contributed by atoms with Gasteiger partial charge in [0.1, 0.15) is 17.6 Å². The fraction of sp³-hybridized carbons (Fsp3) is 0.390. The molecule has 4 fully saturated rings. The summed E-state index contributed by atoms with van der Waals surface area (Å²) >= 11 is 0. The van der Waals surface area contributed by atoms with Gasteiger partial charge < -0.3 is 20.3 Å².